The van der Waals surface area contributed by atoms with E-state index in [-0.39, 0.29) is 0 Å². The number of halogens is 1. The number of nitrogens with one attached hydrogen (secondary N) is 1. The van der Waals surface area contributed by atoms with Gasteiger partial charge in [-0.2, -0.15) is 5.10 Å². The van der Waals surface area contributed by atoms with Gasteiger partial charge in [0.15, 0.2) is 5.96 Å². The van der Waals surface area contributed by atoms with Crippen molar-refractivity contribution in [3.8, 4) is 0 Å². The fraction of sp³-hybridized carbons (Fsp3) is 0.444. The first-order valence-corrected chi connectivity index (χ1v) is 8.53. The standard InChI is InChI=1S/C18H26ClN5/c1-6-20-18(21-11-17-13(2)22-24(5)14(17)3)23(4)12-15-7-9-16(19)10-8-15/h7-10H,6,11-12H2,1-5H3,(H,20,21). The van der Waals surface area contributed by atoms with Gasteiger partial charge in [-0.3, -0.25) is 4.68 Å². The van der Waals surface area contributed by atoms with Crippen molar-refractivity contribution in [3.05, 3.63) is 51.8 Å². The molecule has 1 N–H and O–H groups in total. The molecule has 0 fully saturated rings. The number of guanidine groups is 1. The topological polar surface area (TPSA) is 45.5 Å². The third-order valence-corrected chi connectivity index (χ3v) is 4.33. The summed E-state index contributed by atoms with van der Waals surface area (Å²) in [6, 6.07) is 7.91. The minimum Gasteiger partial charge on any atom is -0.357 e. The van der Waals surface area contributed by atoms with Crippen LogP contribution in [0.2, 0.25) is 5.02 Å². The van der Waals surface area contributed by atoms with Crippen molar-refractivity contribution >= 4 is 17.6 Å². The molecule has 5 nitrogen and oxygen atoms in total. The predicted octanol–water partition coefficient (Wildman–Crippen LogP) is 3.29. The van der Waals surface area contributed by atoms with Gasteiger partial charge in [-0.15, -0.1) is 0 Å². The molecule has 0 saturated heterocycles. The predicted molar refractivity (Wildman–Crippen MR) is 100 cm³/mol. The molecule has 0 amide bonds. The molecule has 0 saturated carbocycles. The fourth-order valence-electron chi connectivity index (χ4n) is 2.61. The van der Waals surface area contributed by atoms with Crippen LogP contribution in [0.3, 0.4) is 0 Å². The summed E-state index contributed by atoms with van der Waals surface area (Å²) < 4.78 is 1.91. The van der Waals surface area contributed by atoms with Gasteiger partial charge in [0.25, 0.3) is 0 Å². The average Bonchev–Trinajstić information content (AvgIpc) is 2.79. The van der Waals surface area contributed by atoms with Crippen LogP contribution in [0.5, 0.6) is 0 Å². The third-order valence-electron chi connectivity index (χ3n) is 4.08. The molecular weight excluding hydrogens is 322 g/mol. The van der Waals surface area contributed by atoms with E-state index in [1.807, 2.05) is 50.0 Å². The lowest BCUT2D eigenvalue weighted by Gasteiger charge is -2.22. The first-order valence-electron chi connectivity index (χ1n) is 8.15. The van der Waals surface area contributed by atoms with Crippen molar-refractivity contribution in [2.45, 2.75) is 33.9 Å². The second kappa shape index (κ2) is 8.20. The third kappa shape index (κ3) is 4.51. The normalized spacial score (nSPS) is 11.7. The van der Waals surface area contributed by atoms with Gasteiger partial charge in [0.05, 0.1) is 12.2 Å². The number of hydrogen-bond acceptors (Lipinski definition) is 2. The quantitative estimate of drug-likeness (QED) is 0.666. The molecule has 0 radical (unpaired) electrons. The highest BCUT2D eigenvalue weighted by atomic mass is 35.5. The SMILES string of the molecule is CCNC(=NCc1c(C)nn(C)c1C)N(C)Cc1ccc(Cl)cc1. The van der Waals surface area contributed by atoms with Crippen LogP contribution in [0, 0.1) is 13.8 Å². The van der Waals surface area contributed by atoms with E-state index in [0.29, 0.717) is 6.54 Å². The molecular formula is C18H26ClN5. The van der Waals surface area contributed by atoms with Gasteiger partial charge in [-0.25, -0.2) is 4.99 Å². The lowest BCUT2D eigenvalue weighted by Crippen LogP contribution is -2.38. The van der Waals surface area contributed by atoms with E-state index in [2.05, 4.69) is 29.2 Å². The molecule has 0 aliphatic carbocycles. The molecule has 0 aliphatic heterocycles. The van der Waals surface area contributed by atoms with Crippen LogP contribution in [0.4, 0.5) is 0 Å². The molecule has 130 valence electrons. The molecule has 0 aliphatic rings. The van der Waals surface area contributed by atoms with Gasteiger partial charge in [0, 0.05) is 43.5 Å². The molecule has 2 aromatic rings. The minimum absolute atomic E-state index is 0.624. The number of nitrogens with zero attached hydrogens (tertiary/aromatic N) is 4. The summed E-state index contributed by atoms with van der Waals surface area (Å²) in [5.74, 6) is 0.884. The maximum atomic E-state index is 5.95. The lowest BCUT2D eigenvalue weighted by atomic mass is 10.2. The van der Waals surface area contributed by atoms with Crippen molar-refractivity contribution in [1.82, 2.24) is 20.0 Å². The van der Waals surface area contributed by atoms with Crippen LogP contribution >= 0.6 is 11.6 Å². The van der Waals surface area contributed by atoms with Crippen molar-refractivity contribution in [2.75, 3.05) is 13.6 Å². The van der Waals surface area contributed by atoms with Crippen LogP contribution in [-0.4, -0.2) is 34.2 Å². The molecule has 6 heteroatoms. The van der Waals surface area contributed by atoms with Gasteiger partial charge in [0.1, 0.15) is 0 Å². The summed E-state index contributed by atoms with van der Waals surface area (Å²) in [6.45, 7) is 8.41. The van der Waals surface area contributed by atoms with Crippen LogP contribution in [0.25, 0.3) is 0 Å². The molecule has 0 unspecified atom stereocenters. The number of aliphatic imine (C=N–C) groups is 1. The number of aromatic nitrogens is 2. The van der Waals surface area contributed by atoms with E-state index >= 15 is 0 Å². The Labute approximate surface area is 149 Å². The van der Waals surface area contributed by atoms with E-state index in [4.69, 9.17) is 16.6 Å². The number of aryl methyl sites for hydroxylation is 2. The van der Waals surface area contributed by atoms with E-state index in [1.165, 1.54) is 11.1 Å². The Morgan fingerprint density at radius 1 is 1.29 bits per heavy atom. The molecule has 0 spiro atoms. The Kier molecular flexibility index (Phi) is 6.26. The maximum Gasteiger partial charge on any atom is 0.194 e. The Bertz CT molecular complexity index is 703. The molecule has 2 rings (SSSR count). The number of rotatable bonds is 5. The van der Waals surface area contributed by atoms with Crippen LogP contribution in [0.1, 0.15) is 29.4 Å². The first kappa shape index (κ1) is 18.3. The number of benzene rings is 1. The average molecular weight is 348 g/mol. The van der Waals surface area contributed by atoms with Crippen molar-refractivity contribution < 1.29 is 0 Å². The largest absolute Gasteiger partial charge is 0.357 e. The van der Waals surface area contributed by atoms with Gasteiger partial charge in [-0.1, -0.05) is 23.7 Å². The summed E-state index contributed by atoms with van der Waals surface area (Å²) in [6.07, 6.45) is 0. The monoisotopic (exact) mass is 347 g/mol. The van der Waals surface area contributed by atoms with Gasteiger partial charge >= 0.3 is 0 Å². The lowest BCUT2D eigenvalue weighted by molar-refractivity contribution is 0.476. The van der Waals surface area contributed by atoms with Crippen molar-refractivity contribution in [1.29, 1.82) is 0 Å². The highest BCUT2D eigenvalue weighted by molar-refractivity contribution is 6.30. The van der Waals surface area contributed by atoms with E-state index in [1.54, 1.807) is 0 Å². The highest BCUT2D eigenvalue weighted by Crippen LogP contribution is 2.14. The Hall–Kier alpha value is -2.01. The Morgan fingerprint density at radius 2 is 1.96 bits per heavy atom. The van der Waals surface area contributed by atoms with E-state index in [0.717, 1.165) is 35.5 Å². The Balaban J connectivity index is 2.13. The molecule has 0 bridgehead atoms. The summed E-state index contributed by atoms with van der Waals surface area (Å²) in [5.41, 5.74) is 4.58. The zero-order valence-electron chi connectivity index (χ0n) is 15.1. The van der Waals surface area contributed by atoms with Gasteiger partial charge in [0.2, 0.25) is 0 Å². The second-order valence-corrected chi connectivity index (χ2v) is 6.36. The van der Waals surface area contributed by atoms with E-state index < -0.39 is 0 Å². The Morgan fingerprint density at radius 3 is 2.50 bits per heavy atom. The first-order chi connectivity index (χ1) is 11.4. The van der Waals surface area contributed by atoms with Gasteiger partial charge < -0.3 is 10.2 Å². The van der Waals surface area contributed by atoms with Gasteiger partial charge in [-0.05, 0) is 38.5 Å². The summed E-state index contributed by atoms with van der Waals surface area (Å²) in [5, 5.41) is 8.56. The summed E-state index contributed by atoms with van der Waals surface area (Å²) in [4.78, 5) is 6.90. The fourth-order valence-corrected chi connectivity index (χ4v) is 2.73. The molecule has 1 heterocycles. The van der Waals surface area contributed by atoms with Crippen LogP contribution in [-0.2, 0) is 20.1 Å². The van der Waals surface area contributed by atoms with Crippen LogP contribution < -0.4 is 5.32 Å². The zero-order chi connectivity index (χ0) is 17.7. The second-order valence-electron chi connectivity index (χ2n) is 5.93. The summed E-state index contributed by atoms with van der Waals surface area (Å²) in [7, 11) is 4.01. The molecule has 1 aromatic heterocycles. The van der Waals surface area contributed by atoms with Crippen molar-refractivity contribution in [2.24, 2.45) is 12.0 Å². The maximum absolute atomic E-state index is 5.95. The minimum atomic E-state index is 0.624. The zero-order valence-corrected chi connectivity index (χ0v) is 15.9. The number of hydrogen-bond donors (Lipinski definition) is 1. The summed E-state index contributed by atoms with van der Waals surface area (Å²) >= 11 is 5.95. The highest BCUT2D eigenvalue weighted by Gasteiger charge is 2.11. The van der Waals surface area contributed by atoms with E-state index in [9.17, 15) is 0 Å². The molecule has 0 atom stereocenters. The molecule has 24 heavy (non-hydrogen) atoms. The molecule has 1 aromatic carbocycles. The van der Waals surface area contributed by atoms with Crippen molar-refractivity contribution in [3.63, 3.8) is 0 Å². The van der Waals surface area contributed by atoms with Crippen LogP contribution in [0.15, 0.2) is 29.3 Å². The smallest absolute Gasteiger partial charge is 0.194 e.